The van der Waals surface area contributed by atoms with E-state index in [0.717, 1.165) is 5.92 Å². The van der Waals surface area contributed by atoms with Gasteiger partial charge in [0.2, 0.25) is 0 Å². The number of rotatable bonds is 29. The largest absolute Gasteiger partial charge is 0.0654 e. The minimum absolute atomic E-state index is 1.02. The van der Waals surface area contributed by atoms with Crippen molar-refractivity contribution in [3.63, 3.8) is 0 Å². The van der Waals surface area contributed by atoms with E-state index in [1.165, 1.54) is 186 Å². The average molecular weight is 465 g/mol. The molecule has 0 amide bonds. The van der Waals surface area contributed by atoms with Crippen LogP contribution in [0.25, 0.3) is 0 Å². The first-order chi connectivity index (χ1) is 16.3. The van der Waals surface area contributed by atoms with Gasteiger partial charge in [0.15, 0.2) is 0 Å². The lowest BCUT2D eigenvalue weighted by atomic mass is 9.92. The molecule has 0 saturated heterocycles. The Morgan fingerprint density at radius 2 is 0.485 bits per heavy atom. The maximum atomic E-state index is 2.42. The van der Waals surface area contributed by atoms with Crippen LogP contribution in [0.4, 0.5) is 0 Å². The summed E-state index contributed by atoms with van der Waals surface area (Å²) in [7, 11) is 0. The zero-order valence-electron chi connectivity index (χ0n) is 24.1. The second kappa shape index (κ2) is 30.0. The van der Waals surface area contributed by atoms with Gasteiger partial charge in [-0.3, -0.25) is 0 Å². The van der Waals surface area contributed by atoms with Crippen LogP contribution >= 0.6 is 0 Å². The van der Waals surface area contributed by atoms with Gasteiger partial charge < -0.3 is 0 Å². The van der Waals surface area contributed by atoms with Crippen molar-refractivity contribution in [2.75, 3.05) is 0 Å². The lowest BCUT2D eigenvalue weighted by Gasteiger charge is -2.14. The van der Waals surface area contributed by atoms with Gasteiger partial charge in [0.05, 0.1) is 0 Å². The Kier molecular flexibility index (Phi) is 30.0. The predicted octanol–water partition coefficient (Wildman–Crippen LogP) is 13.0. The number of hydrogen-bond donors (Lipinski definition) is 0. The van der Waals surface area contributed by atoms with Crippen LogP contribution in [-0.4, -0.2) is 0 Å². The van der Waals surface area contributed by atoms with Gasteiger partial charge in [-0.05, 0) is 5.92 Å². The van der Waals surface area contributed by atoms with Gasteiger partial charge in [0.25, 0.3) is 0 Å². The van der Waals surface area contributed by atoms with Crippen molar-refractivity contribution in [1.29, 1.82) is 0 Å². The quantitative estimate of drug-likeness (QED) is 0.0965. The molecule has 33 heavy (non-hydrogen) atoms. The first kappa shape index (κ1) is 33.0. The average Bonchev–Trinajstić information content (AvgIpc) is 2.83. The van der Waals surface area contributed by atoms with E-state index in [2.05, 4.69) is 20.8 Å². The second-order valence-electron chi connectivity index (χ2n) is 11.3. The van der Waals surface area contributed by atoms with Crippen molar-refractivity contribution < 1.29 is 0 Å². The Morgan fingerprint density at radius 3 is 0.697 bits per heavy atom. The van der Waals surface area contributed by atoms with E-state index in [1.54, 1.807) is 0 Å². The molecular formula is C33H68. The SMILES string of the molecule is CCCCCCCCCCCCCCCCCCCC(CC)CCCCCCCCCCC. The molecule has 1 unspecified atom stereocenters. The molecular weight excluding hydrogens is 396 g/mol. The second-order valence-corrected chi connectivity index (χ2v) is 11.3. The Bertz CT molecular complexity index is 320. The van der Waals surface area contributed by atoms with Crippen LogP contribution in [0.1, 0.15) is 207 Å². The Hall–Kier alpha value is 0. The standard InChI is InChI=1S/C33H68/c1-4-7-9-11-13-15-16-17-18-19-20-21-22-24-26-28-30-32-33(6-3)31-29-27-25-23-14-12-10-8-5-2/h33H,4-32H2,1-3H3. The fourth-order valence-electron chi connectivity index (χ4n) is 5.45. The maximum Gasteiger partial charge on any atom is -0.0417 e. The topological polar surface area (TPSA) is 0 Å². The highest BCUT2D eigenvalue weighted by Gasteiger charge is 2.06. The highest BCUT2D eigenvalue weighted by atomic mass is 14.1. The molecule has 0 aliphatic rings. The van der Waals surface area contributed by atoms with E-state index in [-0.39, 0.29) is 0 Å². The van der Waals surface area contributed by atoms with Crippen molar-refractivity contribution in [3.05, 3.63) is 0 Å². The maximum absolute atomic E-state index is 2.42. The summed E-state index contributed by atoms with van der Waals surface area (Å²) in [6, 6.07) is 0. The van der Waals surface area contributed by atoms with E-state index in [0.29, 0.717) is 0 Å². The summed E-state index contributed by atoms with van der Waals surface area (Å²) in [5, 5.41) is 0. The van der Waals surface area contributed by atoms with Crippen molar-refractivity contribution in [1.82, 2.24) is 0 Å². The minimum atomic E-state index is 1.02. The molecule has 0 heterocycles. The summed E-state index contributed by atoms with van der Waals surface area (Å²) >= 11 is 0. The van der Waals surface area contributed by atoms with Crippen molar-refractivity contribution >= 4 is 0 Å². The molecule has 0 heteroatoms. The van der Waals surface area contributed by atoms with Crippen LogP contribution in [0.3, 0.4) is 0 Å². The van der Waals surface area contributed by atoms with Gasteiger partial charge in [0.1, 0.15) is 0 Å². The smallest absolute Gasteiger partial charge is 0.0417 e. The van der Waals surface area contributed by atoms with Crippen molar-refractivity contribution in [2.24, 2.45) is 5.92 Å². The summed E-state index contributed by atoms with van der Waals surface area (Å²) in [4.78, 5) is 0. The van der Waals surface area contributed by atoms with E-state index in [9.17, 15) is 0 Å². The van der Waals surface area contributed by atoms with Crippen LogP contribution in [0, 0.1) is 5.92 Å². The molecule has 0 bridgehead atoms. The summed E-state index contributed by atoms with van der Waals surface area (Å²) in [6.45, 7) is 7.04. The third-order valence-corrected chi connectivity index (χ3v) is 8.01. The molecule has 0 N–H and O–H groups in total. The van der Waals surface area contributed by atoms with Gasteiger partial charge in [-0.25, -0.2) is 0 Å². The van der Waals surface area contributed by atoms with E-state index >= 15 is 0 Å². The third-order valence-electron chi connectivity index (χ3n) is 8.01. The van der Waals surface area contributed by atoms with Gasteiger partial charge in [0, 0.05) is 0 Å². The first-order valence-corrected chi connectivity index (χ1v) is 16.3. The molecule has 0 saturated carbocycles. The molecule has 0 fully saturated rings. The van der Waals surface area contributed by atoms with E-state index in [1.807, 2.05) is 0 Å². The summed E-state index contributed by atoms with van der Waals surface area (Å²) < 4.78 is 0. The van der Waals surface area contributed by atoms with Crippen molar-refractivity contribution in [3.8, 4) is 0 Å². The molecule has 0 aliphatic heterocycles. The number of unbranched alkanes of at least 4 members (excludes halogenated alkanes) is 24. The van der Waals surface area contributed by atoms with E-state index in [4.69, 9.17) is 0 Å². The third kappa shape index (κ3) is 28.1. The monoisotopic (exact) mass is 465 g/mol. The first-order valence-electron chi connectivity index (χ1n) is 16.3. The Morgan fingerprint density at radius 1 is 0.273 bits per heavy atom. The zero-order valence-corrected chi connectivity index (χ0v) is 24.1. The fourth-order valence-corrected chi connectivity index (χ4v) is 5.45. The molecule has 1 atom stereocenters. The summed E-state index contributed by atoms with van der Waals surface area (Å²) in [5.74, 6) is 1.02. The zero-order chi connectivity index (χ0) is 24.1. The molecule has 0 aromatic rings. The van der Waals surface area contributed by atoms with Gasteiger partial charge >= 0.3 is 0 Å². The Balaban J connectivity index is 3.23. The van der Waals surface area contributed by atoms with Crippen LogP contribution in [0.15, 0.2) is 0 Å². The predicted molar refractivity (Wildman–Crippen MR) is 154 cm³/mol. The highest BCUT2D eigenvalue weighted by Crippen LogP contribution is 2.22. The summed E-state index contributed by atoms with van der Waals surface area (Å²) in [5.41, 5.74) is 0. The fraction of sp³-hybridized carbons (Fsp3) is 1.00. The van der Waals surface area contributed by atoms with Gasteiger partial charge in [-0.2, -0.15) is 0 Å². The van der Waals surface area contributed by atoms with Crippen LogP contribution in [0.5, 0.6) is 0 Å². The molecule has 0 aromatic heterocycles. The molecule has 0 nitrogen and oxygen atoms in total. The van der Waals surface area contributed by atoms with E-state index < -0.39 is 0 Å². The molecule has 0 radical (unpaired) electrons. The van der Waals surface area contributed by atoms with Gasteiger partial charge in [-0.1, -0.05) is 207 Å². The van der Waals surface area contributed by atoms with Crippen LogP contribution in [0.2, 0.25) is 0 Å². The normalized spacial score (nSPS) is 12.5. The molecule has 0 aromatic carbocycles. The molecule has 0 spiro atoms. The lowest BCUT2D eigenvalue weighted by molar-refractivity contribution is 0.392. The number of hydrogen-bond acceptors (Lipinski definition) is 0. The molecule has 0 aliphatic carbocycles. The molecule has 0 rings (SSSR count). The van der Waals surface area contributed by atoms with Gasteiger partial charge in [-0.15, -0.1) is 0 Å². The Labute approximate surface area is 212 Å². The van der Waals surface area contributed by atoms with Crippen LogP contribution < -0.4 is 0 Å². The summed E-state index contributed by atoms with van der Waals surface area (Å²) in [6.07, 6.45) is 42.8. The lowest BCUT2D eigenvalue weighted by Crippen LogP contribution is -1.99. The van der Waals surface area contributed by atoms with Crippen LogP contribution in [-0.2, 0) is 0 Å². The minimum Gasteiger partial charge on any atom is -0.0654 e. The molecule has 200 valence electrons. The van der Waals surface area contributed by atoms with Crippen molar-refractivity contribution in [2.45, 2.75) is 207 Å². The highest BCUT2D eigenvalue weighted by molar-refractivity contribution is 4.59.